The van der Waals surface area contributed by atoms with Crippen LogP contribution in [0.2, 0.25) is 5.15 Å². The summed E-state index contributed by atoms with van der Waals surface area (Å²) < 4.78 is 5.21. The van der Waals surface area contributed by atoms with Gasteiger partial charge in [0.1, 0.15) is 11.6 Å². The molecule has 8 N–H and O–H groups in total. The summed E-state index contributed by atoms with van der Waals surface area (Å²) in [5, 5.41) is -0.0875. The third kappa shape index (κ3) is 7.21. The van der Waals surface area contributed by atoms with Gasteiger partial charge in [-0.15, -0.1) is 0 Å². The Balaban J connectivity index is 1.74. The van der Waals surface area contributed by atoms with Crippen LogP contribution in [0.25, 0.3) is 0 Å². The number of ether oxygens (including phenoxy) is 1. The molecule has 1 aromatic heterocycles. The molecule has 1 heterocycles. The van der Waals surface area contributed by atoms with Gasteiger partial charge in [-0.25, -0.2) is 9.97 Å². The van der Waals surface area contributed by atoms with Crippen molar-refractivity contribution in [1.29, 1.82) is 0 Å². The highest BCUT2D eigenvalue weighted by molar-refractivity contribution is 6.31. The van der Waals surface area contributed by atoms with Crippen LogP contribution in [0.4, 0.5) is 11.6 Å². The van der Waals surface area contributed by atoms with Gasteiger partial charge in [-0.1, -0.05) is 23.7 Å². The number of anilines is 2. The van der Waals surface area contributed by atoms with E-state index < -0.39 is 11.7 Å². The lowest BCUT2D eigenvalue weighted by atomic mass is 10.1. The smallest absolute Gasteiger partial charge is 0.255 e. The van der Waals surface area contributed by atoms with Crippen LogP contribution in [0.3, 0.4) is 0 Å². The molecule has 0 spiro atoms. The number of benzene rings is 1. The van der Waals surface area contributed by atoms with Crippen LogP contribution in [0.5, 0.6) is 5.75 Å². The average molecular weight is 434 g/mol. The fraction of sp³-hybridized carbons (Fsp3) is 0.316. The quantitative estimate of drug-likeness (QED) is 0.175. The summed E-state index contributed by atoms with van der Waals surface area (Å²) in [4.78, 5) is 34.8. The highest BCUT2D eigenvalue weighted by Gasteiger charge is 2.17. The van der Waals surface area contributed by atoms with Gasteiger partial charge in [-0.05, 0) is 37.0 Å². The van der Waals surface area contributed by atoms with E-state index in [9.17, 15) is 9.59 Å². The monoisotopic (exact) mass is 433 g/mol. The zero-order valence-electron chi connectivity index (χ0n) is 16.3. The van der Waals surface area contributed by atoms with Crippen LogP contribution >= 0.6 is 11.6 Å². The molecule has 10 nitrogen and oxygen atoms in total. The maximum Gasteiger partial charge on any atom is 0.255 e. The molecule has 0 bridgehead atoms. The number of nitrogens with two attached hydrogens (primary N) is 4. The first-order valence-electron chi connectivity index (χ1n) is 9.16. The minimum absolute atomic E-state index is 0.0415. The lowest BCUT2D eigenvalue weighted by Gasteiger charge is -2.06. The average Bonchev–Trinajstić information content (AvgIpc) is 2.69. The Morgan fingerprint density at radius 1 is 1.03 bits per heavy atom. The lowest BCUT2D eigenvalue weighted by molar-refractivity contribution is -0.119. The predicted octanol–water partition coefficient (Wildman–Crippen LogP) is 1.11. The fourth-order valence-electron chi connectivity index (χ4n) is 2.52. The lowest BCUT2D eigenvalue weighted by Crippen LogP contribution is -2.20. The first-order chi connectivity index (χ1) is 14.3. The maximum atomic E-state index is 12.2. The van der Waals surface area contributed by atoms with Crippen LogP contribution in [-0.2, 0) is 11.2 Å². The Bertz CT molecular complexity index is 932. The number of Topliss-reactive ketones (excluding diaryl/α,β-unsaturated/α-hetero) is 1. The number of hydrogen-bond donors (Lipinski definition) is 4. The Morgan fingerprint density at radius 2 is 1.73 bits per heavy atom. The van der Waals surface area contributed by atoms with Gasteiger partial charge in [-0.3, -0.25) is 14.6 Å². The Labute approximate surface area is 178 Å². The van der Waals surface area contributed by atoms with Crippen LogP contribution in [0, 0.1) is 0 Å². The van der Waals surface area contributed by atoms with E-state index in [2.05, 4.69) is 15.0 Å². The number of amidine groups is 1. The molecule has 30 heavy (non-hydrogen) atoms. The summed E-state index contributed by atoms with van der Waals surface area (Å²) >= 11 is 5.78. The third-order valence-corrected chi connectivity index (χ3v) is 4.28. The molecule has 0 aliphatic heterocycles. The first-order valence-corrected chi connectivity index (χ1v) is 9.54. The molecule has 11 heteroatoms. The number of nitrogens with zero attached hydrogens (tertiary/aromatic N) is 3. The third-order valence-electron chi connectivity index (χ3n) is 4.00. The van der Waals surface area contributed by atoms with E-state index in [1.807, 2.05) is 12.1 Å². The largest absolute Gasteiger partial charge is 0.484 e. The number of aromatic nitrogens is 2. The molecule has 0 radical (unpaired) electrons. The zero-order chi connectivity index (χ0) is 22.1. The predicted molar refractivity (Wildman–Crippen MR) is 115 cm³/mol. The Morgan fingerprint density at radius 3 is 2.40 bits per heavy atom. The number of hydrogen-bond acceptors (Lipinski definition) is 8. The van der Waals surface area contributed by atoms with Crippen LogP contribution in [0.1, 0.15) is 35.3 Å². The number of nitrogen functional groups attached to an aromatic ring is 2. The molecule has 0 atom stereocenters. The SMILES string of the molecule is NC(=O)COc1ccc(CCCCN=C(N)CC(=O)c2nc(Cl)c(N)nc2N)cc1. The van der Waals surface area contributed by atoms with Crippen molar-refractivity contribution < 1.29 is 14.3 Å². The van der Waals surface area contributed by atoms with Crippen LogP contribution < -0.4 is 27.7 Å². The van der Waals surface area contributed by atoms with E-state index in [1.165, 1.54) is 0 Å². The number of ketones is 1. The number of primary amides is 1. The van der Waals surface area contributed by atoms with E-state index in [4.69, 9.17) is 39.3 Å². The van der Waals surface area contributed by atoms with Gasteiger partial charge in [0.25, 0.3) is 5.91 Å². The molecular formula is C19H24ClN7O3. The van der Waals surface area contributed by atoms with Gasteiger partial charge >= 0.3 is 0 Å². The molecule has 1 aromatic carbocycles. The van der Waals surface area contributed by atoms with Crippen LogP contribution in [0.15, 0.2) is 29.3 Å². The van der Waals surface area contributed by atoms with E-state index in [1.54, 1.807) is 12.1 Å². The van der Waals surface area contributed by atoms with Crippen molar-refractivity contribution in [1.82, 2.24) is 9.97 Å². The topological polar surface area (TPSA) is 186 Å². The highest BCUT2D eigenvalue weighted by Crippen LogP contribution is 2.18. The van der Waals surface area contributed by atoms with Crippen molar-refractivity contribution in [3.8, 4) is 5.75 Å². The number of amides is 1. The first kappa shape index (κ1) is 22.9. The molecule has 2 rings (SSSR count). The number of rotatable bonds is 11. The molecular weight excluding hydrogens is 410 g/mol. The van der Waals surface area contributed by atoms with E-state index in [0.29, 0.717) is 12.3 Å². The number of aryl methyl sites for hydroxylation is 1. The summed E-state index contributed by atoms with van der Waals surface area (Å²) in [5.74, 6) is -0.311. The summed E-state index contributed by atoms with van der Waals surface area (Å²) in [6.07, 6.45) is 2.40. The second-order valence-electron chi connectivity index (χ2n) is 6.46. The Hall–Kier alpha value is -3.40. The molecule has 160 valence electrons. The van der Waals surface area contributed by atoms with Gasteiger partial charge in [0.05, 0.1) is 6.42 Å². The molecule has 2 aromatic rings. The number of carbonyl (C=O) groups is 2. The van der Waals surface area contributed by atoms with Crippen LogP contribution in [-0.4, -0.2) is 40.6 Å². The maximum absolute atomic E-state index is 12.2. The van der Waals surface area contributed by atoms with Crippen molar-refractivity contribution in [3.63, 3.8) is 0 Å². The minimum atomic E-state index is -0.519. The summed E-state index contributed by atoms with van der Waals surface area (Å²) in [6.45, 7) is 0.342. The molecule has 0 unspecified atom stereocenters. The summed E-state index contributed by atoms with van der Waals surface area (Å²) in [6, 6.07) is 7.43. The fourth-order valence-corrected chi connectivity index (χ4v) is 2.65. The van der Waals surface area contributed by atoms with Crippen molar-refractivity contribution >= 4 is 40.8 Å². The molecule has 0 saturated carbocycles. The highest BCUT2D eigenvalue weighted by atomic mass is 35.5. The van der Waals surface area contributed by atoms with Gasteiger partial charge < -0.3 is 27.7 Å². The number of halogens is 1. The molecule has 0 aliphatic rings. The van der Waals surface area contributed by atoms with E-state index in [-0.39, 0.29) is 41.3 Å². The number of unbranched alkanes of at least 4 members (excludes halogenated alkanes) is 1. The zero-order valence-corrected chi connectivity index (χ0v) is 17.1. The standard InChI is InChI=1S/C19H24ClN7O3/c20-17-19(24)27-18(23)16(26-17)13(28)9-14(21)25-8-2-1-3-11-4-6-12(7-5-11)30-10-15(22)29/h4-7H,1-3,8-10H2,(H2,21,25)(H2,22,29)(H4,23,24,27). The second kappa shape index (κ2) is 11.0. The number of aliphatic imine (C=N–C) groups is 1. The molecule has 0 aliphatic carbocycles. The summed E-state index contributed by atoms with van der Waals surface area (Å²) in [7, 11) is 0. The van der Waals surface area contributed by atoms with Gasteiger partial charge in [0.15, 0.2) is 34.9 Å². The normalized spacial score (nSPS) is 11.3. The van der Waals surface area contributed by atoms with E-state index >= 15 is 0 Å². The van der Waals surface area contributed by atoms with Crippen molar-refractivity contribution in [2.24, 2.45) is 16.5 Å². The molecule has 0 saturated heterocycles. The minimum Gasteiger partial charge on any atom is -0.484 e. The molecule has 1 amide bonds. The van der Waals surface area contributed by atoms with Gasteiger partial charge in [0, 0.05) is 6.54 Å². The van der Waals surface area contributed by atoms with Gasteiger partial charge in [-0.2, -0.15) is 0 Å². The Kier molecular flexibility index (Phi) is 8.36. The van der Waals surface area contributed by atoms with E-state index in [0.717, 1.165) is 24.8 Å². The number of carbonyl (C=O) groups excluding carboxylic acids is 2. The van der Waals surface area contributed by atoms with Crippen molar-refractivity contribution in [2.75, 3.05) is 24.6 Å². The second-order valence-corrected chi connectivity index (χ2v) is 6.82. The molecule has 0 fully saturated rings. The van der Waals surface area contributed by atoms with Gasteiger partial charge in [0.2, 0.25) is 0 Å². The van der Waals surface area contributed by atoms with Crippen molar-refractivity contribution in [2.45, 2.75) is 25.7 Å². The summed E-state index contributed by atoms with van der Waals surface area (Å²) in [5.41, 5.74) is 23.1. The van der Waals surface area contributed by atoms with Crippen molar-refractivity contribution in [3.05, 3.63) is 40.7 Å².